The molecule has 0 saturated carbocycles. The quantitative estimate of drug-likeness (QED) is 0.191. The molecule has 0 spiro atoms. The van der Waals surface area contributed by atoms with Crippen molar-refractivity contribution in [1.29, 1.82) is 0 Å². The summed E-state index contributed by atoms with van der Waals surface area (Å²) in [6.45, 7) is 1.91. The van der Waals surface area contributed by atoms with Crippen LogP contribution in [0.3, 0.4) is 0 Å². The van der Waals surface area contributed by atoms with Crippen LogP contribution < -0.4 is 0 Å². The zero-order valence-electron chi connectivity index (χ0n) is 5.65. The highest BCUT2D eigenvalue weighted by Crippen LogP contribution is 1.81. The van der Waals surface area contributed by atoms with Gasteiger partial charge >= 0.3 is 12.2 Å². The molecule has 0 unspecified atom stereocenters. The van der Waals surface area contributed by atoms with Crippen LogP contribution in [0.2, 0.25) is 0 Å². The second-order valence-corrected chi connectivity index (χ2v) is 1.46. The first-order chi connectivity index (χ1) is 4.81. The van der Waals surface area contributed by atoms with Crippen molar-refractivity contribution in [3.8, 4) is 0 Å². The lowest BCUT2D eigenvalue weighted by molar-refractivity contribution is -0.133. The third-order valence-electron chi connectivity index (χ3n) is 0.679. The second kappa shape index (κ2) is 5.72. The van der Waals surface area contributed by atoms with Crippen molar-refractivity contribution in [3.63, 3.8) is 0 Å². The number of nitrogens with zero attached hydrogens (tertiary/aromatic N) is 2. The molecule has 0 bridgehead atoms. The number of carbonyl (C=O) groups excluding carboxylic acids is 1. The number of carbonyl (C=O) groups is 1. The minimum absolute atomic E-state index is 0.681. The molecule has 0 N–H and O–H groups in total. The van der Waals surface area contributed by atoms with Crippen LogP contribution in [-0.4, -0.2) is 17.0 Å². The first kappa shape index (κ1) is 8.59. The molecular weight excluding hydrogens is 132 g/mol. The molecule has 0 saturated heterocycles. The first-order valence-electron chi connectivity index (χ1n) is 2.84. The summed E-state index contributed by atoms with van der Waals surface area (Å²) in [6.07, 6.45) is 4.40. The second-order valence-electron chi connectivity index (χ2n) is 1.46. The van der Waals surface area contributed by atoms with Gasteiger partial charge in [-0.1, -0.05) is 6.92 Å². The molecule has 0 aromatic heterocycles. The van der Waals surface area contributed by atoms with Crippen LogP contribution in [0.5, 0.6) is 0 Å². The van der Waals surface area contributed by atoms with E-state index in [4.69, 9.17) is 5.53 Å². The van der Waals surface area contributed by atoms with E-state index in [-0.39, 0.29) is 0 Å². The summed E-state index contributed by atoms with van der Waals surface area (Å²) in [4.78, 5) is 12.8. The third-order valence-corrected chi connectivity index (χ3v) is 0.679. The van der Waals surface area contributed by atoms with Gasteiger partial charge in [-0.15, -0.1) is 0 Å². The molecule has 4 heteroatoms. The molecule has 4 nitrogen and oxygen atoms in total. The van der Waals surface area contributed by atoms with Crippen molar-refractivity contribution in [3.05, 3.63) is 17.9 Å². The number of hydrogen-bond donors (Lipinski definition) is 0. The van der Waals surface area contributed by atoms with E-state index in [0.717, 1.165) is 6.42 Å². The van der Waals surface area contributed by atoms with E-state index in [1.165, 1.54) is 6.26 Å². The maximum Gasteiger partial charge on any atom is 0.418 e. The number of allylic oxidation sites excluding steroid dienone is 1. The number of ether oxygens (including phenoxy) is 1. The fourth-order valence-corrected chi connectivity index (χ4v) is 0.289. The highest BCUT2D eigenvalue weighted by molar-refractivity contribution is 6.20. The fourth-order valence-electron chi connectivity index (χ4n) is 0.289. The molecule has 0 heterocycles. The lowest BCUT2D eigenvalue weighted by atomic mass is 10.5. The predicted molar refractivity (Wildman–Crippen MR) is 35.2 cm³/mol. The lowest BCUT2D eigenvalue weighted by Crippen LogP contribution is -2.00. The molecule has 10 heavy (non-hydrogen) atoms. The molecule has 0 fully saturated rings. The van der Waals surface area contributed by atoms with Crippen LogP contribution in [0.4, 0.5) is 0 Å². The van der Waals surface area contributed by atoms with Crippen molar-refractivity contribution in [2.24, 2.45) is 0 Å². The number of esters is 1. The Balaban J connectivity index is 3.59. The lowest BCUT2D eigenvalue weighted by Gasteiger charge is -1.84. The van der Waals surface area contributed by atoms with Gasteiger partial charge in [0.15, 0.2) is 0 Å². The zero-order chi connectivity index (χ0) is 7.82. The maximum atomic E-state index is 10.3. The zero-order valence-corrected chi connectivity index (χ0v) is 5.65. The molecule has 0 aliphatic carbocycles. The molecule has 0 aromatic rings. The average Bonchev–Trinajstić information content (AvgIpc) is 1.89. The van der Waals surface area contributed by atoms with Gasteiger partial charge in [0.1, 0.15) is 0 Å². The Morgan fingerprint density at radius 3 is 3.00 bits per heavy atom. The Morgan fingerprint density at radius 2 is 2.50 bits per heavy atom. The van der Waals surface area contributed by atoms with Gasteiger partial charge in [-0.05, 0) is 12.5 Å². The summed E-state index contributed by atoms with van der Waals surface area (Å²) in [5, 5.41) is 0. The van der Waals surface area contributed by atoms with E-state index in [1.54, 1.807) is 6.08 Å². The monoisotopic (exact) mass is 140 g/mol. The van der Waals surface area contributed by atoms with E-state index in [1.807, 2.05) is 6.92 Å². The molecule has 0 atom stereocenters. The molecule has 0 rings (SSSR count). The minimum Gasteiger partial charge on any atom is -0.426 e. The molecule has 0 aliphatic rings. The highest BCUT2D eigenvalue weighted by atomic mass is 16.5. The minimum atomic E-state index is -0.688. The summed E-state index contributed by atoms with van der Waals surface area (Å²) in [5.74, 6) is -0.688. The Morgan fingerprint density at radius 1 is 1.80 bits per heavy atom. The summed E-state index contributed by atoms with van der Waals surface area (Å²) >= 11 is 0. The van der Waals surface area contributed by atoms with Crippen molar-refractivity contribution in [2.75, 3.05) is 0 Å². The van der Waals surface area contributed by atoms with Crippen LogP contribution in [-0.2, 0) is 9.53 Å². The maximum absolute atomic E-state index is 10.3. The molecule has 0 aliphatic heterocycles. The Kier molecular flexibility index (Phi) is 4.91. The topological polar surface area (TPSA) is 62.7 Å². The van der Waals surface area contributed by atoms with Crippen LogP contribution in [0.1, 0.15) is 13.3 Å². The van der Waals surface area contributed by atoms with Crippen LogP contribution >= 0.6 is 0 Å². The molecular formula is C6H8N2O2. The Hall–Kier alpha value is -1.41. The van der Waals surface area contributed by atoms with Crippen molar-refractivity contribution in [1.82, 2.24) is 0 Å². The van der Waals surface area contributed by atoms with Crippen molar-refractivity contribution in [2.45, 2.75) is 13.3 Å². The first-order valence-corrected chi connectivity index (χ1v) is 2.84. The van der Waals surface area contributed by atoms with Gasteiger partial charge in [-0.25, -0.2) is 4.79 Å². The van der Waals surface area contributed by atoms with Crippen molar-refractivity contribution >= 4 is 12.2 Å². The van der Waals surface area contributed by atoms with Crippen LogP contribution in [0.15, 0.2) is 12.3 Å². The summed E-state index contributed by atoms with van der Waals surface area (Å²) in [5.41, 5.74) is 7.84. The van der Waals surface area contributed by atoms with Crippen molar-refractivity contribution < 1.29 is 14.3 Å². The van der Waals surface area contributed by atoms with Gasteiger partial charge in [-0.2, -0.15) is 4.79 Å². The van der Waals surface area contributed by atoms with E-state index in [9.17, 15) is 4.79 Å². The van der Waals surface area contributed by atoms with Gasteiger partial charge in [-0.3, -0.25) is 0 Å². The normalized spacial score (nSPS) is 8.90. The Labute approximate surface area is 58.7 Å². The van der Waals surface area contributed by atoms with Gasteiger partial charge in [0.2, 0.25) is 0 Å². The summed E-state index contributed by atoms with van der Waals surface area (Å²) < 4.78 is 4.39. The highest BCUT2D eigenvalue weighted by Gasteiger charge is 1.97. The smallest absolute Gasteiger partial charge is 0.418 e. The predicted octanol–water partition coefficient (Wildman–Crippen LogP) is 0.754. The molecule has 0 radical (unpaired) electrons. The molecule has 54 valence electrons. The van der Waals surface area contributed by atoms with Crippen LogP contribution in [0, 0.1) is 0 Å². The van der Waals surface area contributed by atoms with Gasteiger partial charge < -0.3 is 10.3 Å². The third kappa shape index (κ3) is 4.74. The van der Waals surface area contributed by atoms with Gasteiger partial charge in [0.25, 0.3) is 0 Å². The summed E-state index contributed by atoms with van der Waals surface area (Å²) in [6, 6.07) is 0. The number of rotatable bonds is 3. The van der Waals surface area contributed by atoms with E-state index in [0.29, 0.717) is 6.21 Å². The largest absolute Gasteiger partial charge is 0.426 e. The van der Waals surface area contributed by atoms with E-state index in [2.05, 4.69) is 9.53 Å². The Bertz CT molecular complexity index is 180. The summed E-state index contributed by atoms with van der Waals surface area (Å²) in [7, 11) is 0. The van der Waals surface area contributed by atoms with E-state index >= 15 is 0 Å². The van der Waals surface area contributed by atoms with E-state index < -0.39 is 5.97 Å². The van der Waals surface area contributed by atoms with Gasteiger partial charge in [0, 0.05) is 0 Å². The number of hydrogen-bond acceptors (Lipinski definition) is 2. The molecule has 0 aromatic carbocycles. The fraction of sp³-hybridized carbons (Fsp3) is 0.333. The molecule has 0 amide bonds. The average molecular weight is 140 g/mol. The van der Waals surface area contributed by atoms with Gasteiger partial charge in [0.05, 0.1) is 6.26 Å². The standard InChI is InChI=1S/C6H8N2O2/c1-2-3-4-10-6(9)5-8-7/h3-5H,2H2,1H3. The van der Waals surface area contributed by atoms with Crippen LogP contribution in [0.25, 0.3) is 5.53 Å². The SMILES string of the molecule is CCC=COC(=O)C=[N+]=[N-].